The molecule has 0 radical (unpaired) electrons. The molecule has 0 spiro atoms. The van der Waals surface area contributed by atoms with Gasteiger partial charge in [-0.3, -0.25) is 4.90 Å². The lowest BCUT2D eigenvalue weighted by Gasteiger charge is -2.38. The SMILES string of the molecule is CCCc1noc([C@H](C)N2CCN(c3ccccc3)CC2)n1. The van der Waals surface area contributed by atoms with Crippen molar-refractivity contribution >= 4 is 5.69 Å². The summed E-state index contributed by atoms with van der Waals surface area (Å²) in [5.41, 5.74) is 1.30. The molecule has 0 N–H and O–H groups in total. The zero-order valence-electron chi connectivity index (χ0n) is 13.4. The van der Waals surface area contributed by atoms with Gasteiger partial charge in [-0.15, -0.1) is 0 Å². The predicted octanol–water partition coefficient (Wildman–Crippen LogP) is 2.91. The molecule has 3 rings (SSSR count). The van der Waals surface area contributed by atoms with Crippen LogP contribution in [0, 0.1) is 0 Å². The van der Waals surface area contributed by atoms with E-state index < -0.39 is 0 Å². The second-order valence-corrected chi connectivity index (χ2v) is 5.83. The van der Waals surface area contributed by atoms with Crippen LogP contribution in [-0.4, -0.2) is 41.2 Å². The van der Waals surface area contributed by atoms with Crippen molar-refractivity contribution in [2.45, 2.75) is 32.7 Å². The Labute approximate surface area is 131 Å². The summed E-state index contributed by atoms with van der Waals surface area (Å²) >= 11 is 0. The Balaban J connectivity index is 1.58. The summed E-state index contributed by atoms with van der Waals surface area (Å²) in [6, 6.07) is 10.8. The number of aryl methyl sites for hydroxylation is 1. The standard InChI is InChI=1S/C17H24N4O/c1-3-7-16-18-17(22-19-16)14(2)20-10-12-21(13-11-20)15-8-5-4-6-9-15/h4-6,8-9,14H,3,7,10-13H2,1-2H3/t14-/m0/s1. The quantitative estimate of drug-likeness (QED) is 0.849. The average Bonchev–Trinajstić information content (AvgIpc) is 3.04. The molecule has 0 bridgehead atoms. The molecule has 118 valence electrons. The van der Waals surface area contributed by atoms with E-state index in [0.717, 1.165) is 50.7 Å². The normalized spacial score (nSPS) is 17.6. The molecule has 1 atom stereocenters. The lowest BCUT2D eigenvalue weighted by atomic mass is 10.2. The van der Waals surface area contributed by atoms with Crippen LogP contribution in [0.2, 0.25) is 0 Å². The first-order valence-corrected chi connectivity index (χ1v) is 8.14. The van der Waals surface area contributed by atoms with E-state index >= 15 is 0 Å². The maximum Gasteiger partial charge on any atom is 0.243 e. The number of hydrogen-bond donors (Lipinski definition) is 0. The maximum atomic E-state index is 5.43. The fraction of sp³-hybridized carbons (Fsp3) is 0.529. The van der Waals surface area contributed by atoms with Crippen LogP contribution in [0.15, 0.2) is 34.9 Å². The Morgan fingerprint density at radius 2 is 1.86 bits per heavy atom. The van der Waals surface area contributed by atoms with E-state index in [1.165, 1.54) is 5.69 Å². The zero-order chi connectivity index (χ0) is 15.4. The summed E-state index contributed by atoms with van der Waals surface area (Å²) in [5, 5.41) is 4.06. The molecule has 0 unspecified atom stereocenters. The minimum atomic E-state index is 0.191. The highest BCUT2D eigenvalue weighted by molar-refractivity contribution is 5.46. The van der Waals surface area contributed by atoms with E-state index in [2.05, 4.69) is 64.1 Å². The highest BCUT2D eigenvalue weighted by atomic mass is 16.5. The molecule has 1 aromatic heterocycles. The summed E-state index contributed by atoms with van der Waals surface area (Å²) in [4.78, 5) is 9.37. The molecular weight excluding hydrogens is 276 g/mol. The monoisotopic (exact) mass is 300 g/mol. The van der Waals surface area contributed by atoms with Gasteiger partial charge in [-0.1, -0.05) is 30.3 Å². The molecule has 1 aliphatic heterocycles. The molecule has 0 saturated carbocycles. The van der Waals surface area contributed by atoms with Crippen molar-refractivity contribution in [3.63, 3.8) is 0 Å². The first kappa shape index (κ1) is 15.0. The molecule has 1 aromatic carbocycles. The third-order valence-electron chi connectivity index (χ3n) is 4.30. The highest BCUT2D eigenvalue weighted by Gasteiger charge is 2.25. The third-order valence-corrected chi connectivity index (χ3v) is 4.30. The smallest absolute Gasteiger partial charge is 0.243 e. The van der Waals surface area contributed by atoms with Gasteiger partial charge in [0.15, 0.2) is 5.82 Å². The van der Waals surface area contributed by atoms with Crippen molar-refractivity contribution in [1.82, 2.24) is 15.0 Å². The number of hydrogen-bond acceptors (Lipinski definition) is 5. The van der Waals surface area contributed by atoms with Gasteiger partial charge in [0.1, 0.15) is 0 Å². The second-order valence-electron chi connectivity index (χ2n) is 5.83. The van der Waals surface area contributed by atoms with Crippen LogP contribution < -0.4 is 4.90 Å². The summed E-state index contributed by atoms with van der Waals surface area (Å²) < 4.78 is 5.43. The van der Waals surface area contributed by atoms with Gasteiger partial charge in [0.05, 0.1) is 6.04 Å². The van der Waals surface area contributed by atoms with Gasteiger partial charge in [0.2, 0.25) is 5.89 Å². The van der Waals surface area contributed by atoms with Gasteiger partial charge in [-0.2, -0.15) is 4.98 Å². The molecular formula is C17H24N4O. The van der Waals surface area contributed by atoms with Crippen LogP contribution in [-0.2, 0) is 6.42 Å². The Morgan fingerprint density at radius 1 is 1.14 bits per heavy atom. The Morgan fingerprint density at radius 3 is 2.55 bits per heavy atom. The molecule has 22 heavy (non-hydrogen) atoms. The highest BCUT2D eigenvalue weighted by Crippen LogP contribution is 2.22. The number of piperazine rings is 1. The van der Waals surface area contributed by atoms with Crippen LogP contribution in [0.5, 0.6) is 0 Å². The third kappa shape index (κ3) is 3.30. The fourth-order valence-electron chi connectivity index (χ4n) is 2.92. The van der Waals surface area contributed by atoms with E-state index in [1.54, 1.807) is 0 Å². The summed E-state index contributed by atoms with van der Waals surface area (Å²) in [6.07, 6.45) is 1.93. The zero-order valence-corrected chi connectivity index (χ0v) is 13.4. The lowest BCUT2D eigenvalue weighted by Crippen LogP contribution is -2.47. The van der Waals surface area contributed by atoms with Gasteiger partial charge in [0.25, 0.3) is 0 Å². The van der Waals surface area contributed by atoms with E-state index in [9.17, 15) is 0 Å². The average molecular weight is 300 g/mol. The van der Waals surface area contributed by atoms with Crippen LogP contribution in [0.3, 0.4) is 0 Å². The van der Waals surface area contributed by atoms with E-state index in [0.29, 0.717) is 0 Å². The molecule has 2 heterocycles. The fourth-order valence-corrected chi connectivity index (χ4v) is 2.92. The number of rotatable bonds is 5. The van der Waals surface area contributed by atoms with Gasteiger partial charge in [-0.25, -0.2) is 0 Å². The molecule has 1 aliphatic rings. The minimum Gasteiger partial charge on any atom is -0.369 e. The van der Waals surface area contributed by atoms with Crippen LogP contribution in [0.4, 0.5) is 5.69 Å². The van der Waals surface area contributed by atoms with E-state index in [1.807, 2.05) is 0 Å². The number of benzene rings is 1. The Bertz CT molecular complexity index is 575. The minimum absolute atomic E-state index is 0.191. The first-order valence-electron chi connectivity index (χ1n) is 8.14. The maximum absolute atomic E-state index is 5.43. The first-order chi connectivity index (χ1) is 10.8. The van der Waals surface area contributed by atoms with Crippen molar-refractivity contribution in [2.75, 3.05) is 31.1 Å². The van der Waals surface area contributed by atoms with Crippen molar-refractivity contribution in [3.05, 3.63) is 42.0 Å². The van der Waals surface area contributed by atoms with Crippen molar-refractivity contribution in [3.8, 4) is 0 Å². The second kappa shape index (κ2) is 6.92. The van der Waals surface area contributed by atoms with Crippen LogP contribution >= 0.6 is 0 Å². The van der Waals surface area contributed by atoms with Gasteiger partial charge < -0.3 is 9.42 Å². The summed E-state index contributed by atoms with van der Waals surface area (Å²) in [6.45, 7) is 8.38. The van der Waals surface area contributed by atoms with Gasteiger partial charge >= 0.3 is 0 Å². The molecule has 2 aromatic rings. The van der Waals surface area contributed by atoms with E-state index in [-0.39, 0.29) is 6.04 Å². The molecule has 0 amide bonds. The van der Waals surface area contributed by atoms with Crippen molar-refractivity contribution in [1.29, 1.82) is 0 Å². The molecule has 5 heteroatoms. The Hall–Kier alpha value is -1.88. The molecule has 0 aliphatic carbocycles. The number of para-hydroxylation sites is 1. The van der Waals surface area contributed by atoms with Crippen molar-refractivity contribution < 1.29 is 4.52 Å². The lowest BCUT2D eigenvalue weighted by molar-refractivity contribution is 0.164. The predicted molar refractivity (Wildman–Crippen MR) is 86.9 cm³/mol. The van der Waals surface area contributed by atoms with Crippen LogP contribution in [0.1, 0.15) is 38.0 Å². The topological polar surface area (TPSA) is 45.4 Å². The molecule has 1 fully saturated rings. The van der Waals surface area contributed by atoms with Gasteiger partial charge in [-0.05, 0) is 25.5 Å². The summed E-state index contributed by atoms with van der Waals surface area (Å²) in [7, 11) is 0. The molecule has 5 nitrogen and oxygen atoms in total. The van der Waals surface area contributed by atoms with Crippen LogP contribution in [0.25, 0.3) is 0 Å². The summed E-state index contributed by atoms with van der Waals surface area (Å²) in [5.74, 6) is 1.57. The van der Waals surface area contributed by atoms with Gasteiger partial charge in [0, 0.05) is 38.3 Å². The number of nitrogens with zero attached hydrogens (tertiary/aromatic N) is 4. The number of aromatic nitrogens is 2. The van der Waals surface area contributed by atoms with Crippen molar-refractivity contribution in [2.24, 2.45) is 0 Å². The number of anilines is 1. The van der Waals surface area contributed by atoms with E-state index in [4.69, 9.17) is 4.52 Å². The molecule has 1 saturated heterocycles. The Kier molecular flexibility index (Phi) is 4.73. The largest absolute Gasteiger partial charge is 0.369 e.